The van der Waals surface area contributed by atoms with Crippen LogP contribution in [0.3, 0.4) is 0 Å². The molecular formula is C22H25N3O3. The van der Waals surface area contributed by atoms with Crippen LogP contribution in [-0.4, -0.2) is 22.9 Å². The Balaban J connectivity index is 1.47. The van der Waals surface area contributed by atoms with Crippen LogP contribution in [0.5, 0.6) is 0 Å². The summed E-state index contributed by atoms with van der Waals surface area (Å²) in [6.07, 6.45) is 6.77. The van der Waals surface area contributed by atoms with Gasteiger partial charge < -0.3 is 19.6 Å². The highest BCUT2D eigenvalue weighted by molar-refractivity contribution is 5.95. The van der Waals surface area contributed by atoms with E-state index in [1.165, 1.54) is 6.08 Å². The number of carbonyl (C=O) groups excluding carboxylic acids is 2. The van der Waals surface area contributed by atoms with Gasteiger partial charge in [-0.2, -0.15) is 0 Å². The summed E-state index contributed by atoms with van der Waals surface area (Å²) in [6, 6.07) is 11.5. The maximum absolute atomic E-state index is 12.1. The lowest BCUT2D eigenvalue weighted by molar-refractivity contribution is -0.117. The monoisotopic (exact) mass is 379 g/mol. The number of hydrogen-bond donors (Lipinski definition) is 2. The Morgan fingerprint density at radius 3 is 2.82 bits per heavy atom. The lowest BCUT2D eigenvalue weighted by Crippen LogP contribution is -2.26. The number of hydrogen-bond acceptors (Lipinski definition) is 3. The third-order valence-electron chi connectivity index (χ3n) is 4.21. The van der Waals surface area contributed by atoms with Gasteiger partial charge in [-0.05, 0) is 48.4 Å². The first-order valence-electron chi connectivity index (χ1n) is 9.39. The Kier molecular flexibility index (Phi) is 6.32. The highest BCUT2D eigenvalue weighted by Gasteiger charge is 2.07. The number of aromatic nitrogens is 1. The Morgan fingerprint density at radius 2 is 2.07 bits per heavy atom. The van der Waals surface area contributed by atoms with E-state index in [9.17, 15) is 9.59 Å². The van der Waals surface area contributed by atoms with Gasteiger partial charge in [-0.3, -0.25) is 9.59 Å². The normalized spacial score (nSPS) is 11.4. The fourth-order valence-electron chi connectivity index (χ4n) is 2.96. The van der Waals surface area contributed by atoms with Crippen LogP contribution in [0.4, 0.5) is 5.69 Å². The number of anilines is 1. The van der Waals surface area contributed by atoms with Crippen molar-refractivity contribution in [1.29, 1.82) is 0 Å². The molecule has 0 fully saturated rings. The summed E-state index contributed by atoms with van der Waals surface area (Å²) in [7, 11) is 0. The number of nitrogens with zero attached hydrogens (tertiary/aromatic N) is 1. The molecule has 3 rings (SSSR count). The first-order chi connectivity index (χ1) is 13.5. The average Bonchev–Trinajstić information content (AvgIpc) is 3.29. The minimum atomic E-state index is -0.267. The van der Waals surface area contributed by atoms with Crippen LogP contribution in [-0.2, 0) is 16.1 Å². The van der Waals surface area contributed by atoms with Crippen LogP contribution in [0, 0.1) is 5.92 Å². The molecule has 0 unspecified atom stereocenters. The van der Waals surface area contributed by atoms with Gasteiger partial charge in [-0.1, -0.05) is 13.8 Å². The van der Waals surface area contributed by atoms with E-state index in [0.29, 0.717) is 11.7 Å². The van der Waals surface area contributed by atoms with Crippen molar-refractivity contribution >= 4 is 34.5 Å². The Morgan fingerprint density at radius 1 is 1.21 bits per heavy atom. The Bertz CT molecular complexity index is 968. The van der Waals surface area contributed by atoms with E-state index in [1.807, 2.05) is 18.2 Å². The quantitative estimate of drug-likeness (QED) is 0.580. The van der Waals surface area contributed by atoms with Crippen LogP contribution in [0.1, 0.15) is 26.0 Å². The molecule has 0 saturated carbocycles. The zero-order valence-corrected chi connectivity index (χ0v) is 16.1. The van der Waals surface area contributed by atoms with E-state index in [2.05, 4.69) is 41.3 Å². The number of amides is 2. The number of nitrogens with one attached hydrogen (secondary N) is 2. The van der Waals surface area contributed by atoms with Gasteiger partial charge in [-0.25, -0.2) is 0 Å². The molecule has 3 aromatic rings. The predicted molar refractivity (Wildman–Crippen MR) is 111 cm³/mol. The molecule has 0 spiro atoms. The average molecular weight is 379 g/mol. The van der Waals surface area contributed by atoms with E-state index >= 15 is 0 Å². The van der Waals surface area contributed by atoms with E-state index in [0.717, 1.165) is 23.1 Å². The van der Waals surface area contributed by atoms with Crippen LogP contribution in [0.2, 0.25) is 0 Å². The fourth-order valence-corrected chi connectivity index (χ4v) is 2.96. The molecule has 2 aromatic heterocycles. The second-order valence-corrected chi connectivity index (χ2v) is 7.07. The summed E-state index contributed by atoms with van der Waals surface area (Å²) in [5.74, 6) is 0.762. The van der Waals surface area contributed by atoms with Crippen molar-refractivity contribution in [3.63, 3.8) is 0 Å². The molecule has 2 amide bonds. The highest BCUT2D eigenvalue weighted by Crippen LogP contribution is 2.21. The molecule has 0 atom stereocenters. The molecule has 2 heterocycles. The summed E-state index contributed by atoms with van der Waals surface area (Å²) in [5.41, 5.74) is 1.91. The second-order valence-electron chi connectivity index (χ2n) is 7.07. The van der Waals surface area contributed by atoms with Gasteiger partial charge in [0.25, 0.3) is 0 Å². The lowest BCUT2D eigenvalue weighted by atomic mass is 10.2. The van der Waals surface area contributed by atoms with Gasteiger partial charge in [-0.15, -0.1) is 0 Å². The SMILES string of the molecule is CC(C)Cn1ccc2cc(NC(=O)CCNC(=O)/C=C/c3ccco3)ccc21. The van der Waals surface area contributed by atoms with Gasteiger partial charge >= 0.3 is 0 Å². The molecule has 146 valence electrons. The molecule has 0 aliphatic carbocycles. The van der Waals surface area contributed by atoms with Crippen LogP contribution in [0.15, 0.2) is 59.4 Å². The molecule has 2 N–H and O–H groups in total. The van der Waals surface area contributed by atoms with Crippen molar-refractivity contribution in [2.24, 2.45) is 5.92 Å². The minimum Gasteiger partial charge on any atom is -0.465 e. The number of rotatable bonds is 8. The number of carbonyl (C=O) groups is 2. The molecule has 28 heavy (non-hydrogen) atoms. The third kappa shape index (κ3) is 5.36. The summed E-state index contributed by atoms with van der Waals surface area (Å²) >= 11 is 0. The summed E-state index contributed by atoms with van der Waals surface area (Å²) in [4.78, 5) is 23.9. The van der Waals surface area contributed by atoms with Gasteiger partial charge in [0.2, 0.25) is 11.8 Å². The van der Waals surface area contributed by atoms with Crippen LogP contribution >= 0.6 is 0 Å². The smallest absolute Gasteiger partial charge is 0.244 e. The largest absolute Gasteiger partial charge is 0.465 e. The Hall–Kier alpha value is -3.28. The first kappa shape index (κ1) is 19.5. The van der Waals surface area contributed by atoms with Crippen molar-refractivity contribution in [2.45, 2.75) is 26.8 Å². The first-order valence-corrected chi connectivity index (χ1v) is 9.39. The topological polar surface area (TPSA) is 76.3 Å². The van der Waals surface area contributed by atoms with Crippen molar-refractivity contribution in [3.05, 3.63) is 60.7 Å². The van der Waals surface area contributed by atoms with Crippen LogP contribution in [0.25, 0.3) is 17.0 Å². The number of benzene rings is 1. The van der Waals surface area contributed by atoms with Gasteiger partial charge in [0.15, 0.2) is 0 Å². The second kappa shape index (κ2) is 9.08. The number of fused-ring (bicyclic) bond motifs is 1. The van der Waals surface area contributed by atoms with Crippen molar-refractivity contribution in [2.75, 3.05) is 11.9 Å². The van der Waals surface area contributed by atoms with Gasteiger partial charge in [0, 0.05) is 48.4 Å². The minimum absolute atomic E-state index is 0.142. The van der Waals surface area contributed by atoms with E-state index < -0.39 is 0 Å². The summed E-state index contributed by atoms with van der Waals surface area (Å²) < 4.78 is 7.33. The predicted octanol–water partition coefficient (Wildman–Crippen LogP) is 4.05. The van der Waals surface area contributed by atoms with E-state index in [4.69, 9.17) is 4.42 Å². The van der Waals surface area contributed by atoms with E-state index in [1.54, 1.807) is 24.5 Å². The standard InChI is InChI=1S/C22H25N3O3/c1-16(2)15-25-12-10-17-14-18(5-7-20(17)25)24-22(27)9-11-23-21(26)8-6-19-4-3-13-28-19/h3-8,10,12-14,16H,9,11,15H2,1-2H3,(H,23,26)(H,24,27)/b8-6+. The lowest BCUT2D eigenvalue weighted by Gasteiger charge is -2.09. The molecule has 0 saturated heterocycles. The number of furan rings is 1. The fraction of sp³-hybridized carbons (Fsp3) is 0.273. The maximum atomic E-state index is 12.1. The molecule has 6 heteroatoms. The molecule has 0 radical (unpaired) electrons. The van der Waals surface area contributed by atoms with Crippen molar-refractivity contribution in [1.82, 2.24) is 9.88 Å². The molecule has 0 bridgehead atoms. The van der Waals surface area contributed by atoms with E-state index in [-0.39, 0.29) is 24.8 Å². The molecular weight excluding hydrogens is 354 g/mol. The molecule has 6 nitrogen and oxygen atoms in total. The summed E-state index contributed by atoms with van der Waals surface area (Å²) in [6.45, 7) is 5.60. The maximum Gasteiger partial charge on any atom is 0.244 e. The molecule has 0 aliphatic rings. The highest BCUT2D eigenvalue weighted by atomic mass is 16.3. The van der Waals surface area contributed by atoms with Crippen molar-refractivity contribution in [3.8, 4) is 0 Å². The van der Waals surface area contributed by atoms with Gasteiger partial charge in [0.1, 0.15) is 5.76 Å². The zero-order chi connectivity index (χ0) is 19.9. The zero-order valence-electron chi connectivity index (χ0n) is 16.1. The van der Waals surface area contributed by atoms with Gasteiger partial charge in [0.05, 0.1) is 6.26 Å². The summed E-state index contributed by atoms with van der Waals surface area (Å²) in [5, 5.41) is 6.65. The Labute approximate surface area is 164 Å². The van der Waals surface area contributed by atoms with Crippen LogP contribution < -0.4 is 10.6 Å². The third-order valence-corrected chi connectivity index (χ3v) is 4.21. The van der Waals surface area contributed by atoms with Crippen molar-refractivity contribution < 1.29 is 14.0 Å². The molecule has 1 aromatic carbocycles. The molecule has 0 aliphatic heterocycles.